The first kappa shape index (κ1) is 20.3. The predicted molar refractivity (Wildman–Crippen MR) is 72.9 cm³/mol. The van der Waals surface area contributed by atoms with Crippen molar-refractivity contribution in [2.24, 2.45) is 11.8 Å². The molecule has 0 aliphatic heterocycles. The van der Waals surface area contributed by atoms with Crippen LogP contribution in [0.5, 0.6) is 0 Å². The molecule has 0 aliphatic rings. The van der Waals surface area contributed by atoms with Crippen molar-refractivity contribution in [3.8, 4) is 0 Å². The molecule has 0 aromatic rings. The number of nitrogens with one attached hydrogen (secondary N) is 1. The first-order valence-electron chi connectivity index (χ1n) is 6.46. The number of carbonyl (C=O) groups excluding carboxylic acids is 4. The van der Waals surface area contributed by atoms with Gasteiger partial charge in [-0.15, -0.1) is 0 Å². The maximum Gasteiger partial charge on any atom is 0.326 e. The molecule has 23 heavy (non-hydrogen) atoms. The molecule has 0 aliphatic carbocycles. The number of hydrogen-bond donors (Lipinski definition) is 2. The zero-order chi connectivity index (χ0) is 18.2. The fraction of sp³-hybridized carbons (Fsp3) is 0.615. The number of rotatable bonds is 8. The van der Waals surface area contributed by atoms with Gasteiger partial charge in [0.15, 0.2) is 12.5 Å². The highest BCUT2D eigenvalue weighted by molar-refractivity contribution is 5.96. The zero-order valence-corrected chi connectivity index (χ0v) is 13.2. The van der Waals surface area contributed by atoms with E-state index >= 15 is 0 Å². The Morgan fingerprint density at radius 3 is 1.87 bits per heavy atom. The summed E-state index contributed by atoms with van der Waals surface area (Å²) in [7, 11) is 2.06. The van der Waals surface area contributed by atoms with E-state index < -0.39 is 54.3 Å². The quantitative estimate of drug-likeness (QED) is 0.315. The minimum atomic E-state index is -1.60. The maximum atomic E-state index is 11.7. The smallest absolute Gasteiger partial charge is 0.326 e. The van der Waals surface area contributed by atoms with Crippen LogP contribution >= 0.6 is 0 Å². The summed E-state index contributed by atoms with van der Waals surface area (Å²) in [5.74, 6) is -7.80. The highest BCUT2D eigenvalue weighted by Crippen LogP contribution is 2.19. The summed E-state index contributed by atoms with van der Waals surface area (Å²) in [4.78, 5) is 56.9. The average Bonchev–Trinajstić information content (AvgIpc) is 2.49. The minimum Gasteiger partial charge on any atom is -0.480 e. The summed E-state index contributed by atoms with van der Waals surface area (Å²) in [5, 5.41) is 11.3. The normalized spacial score (nSPS) is 12.7. The Morgan fingerprint density at radius 1 is 1.04 bits per heavy atom. The standard InChI is InChI=1S/C13H19NO9/c1-6(9(12(19)21-3)13(20)22-4)10(11(17)18)14-8(16)5-23-7(2)15/h6,9-10H,5H2,1-4H3,(H,14,16)(H,17,18)/t6-,10+/m1/s1. The van der Waals surface area contributed by atoms with Crippen molar-refractivity contribution in [2.45, 2.75) is 19.9 Å². The first-order chi connectivity index (χ1) is 10.6. The van der Waals surface area contributed by atoms with Crippen molar-refractivity contribution in [1.82, 2.24) is 5.32 Å². The first-order valence-corrected chi connectivity index (χ1v) is 6.46. The number of ether oxygens (including phenoxy) is 3. The van der Waals surface area contributed by atoms with E-state index in [1.807, 2.05) is 0 Å². The van der Waals surface area contributed by atoms with Gasteiger partial charge in [-0.2, -0.15) is 0 Å². The Bertz CT molecular complexity index is 472. The lowest BCUT2D eigenvalue weighted by atomic mass is 9.87. The van der Waals surface area contributed by atoms with Crippen molar-refractivity contribution in [3.05, 3.63) is 0 Å². The summed E-state index contributed by atoms with van der Waals surface area (Å²) in [6, 6.07) is -1.60. The van der Waals surface area contributed by atoms with E-state index in [9.17, 15) is 29.1 Å². The lowest BCUT2D eigenvalue weighted by Crippen LogP contribution is -2.51. The van der Waals surface area contributed by atoms with Gasteiger partial charge < -0.3 is 24.6 Å². The van der Waals surface area contributed by atoms with Crippen LogP contribution in [0.2, 0.25) is 0 Å². The molecule has 0 aromatic heterocycles. The van der Waals surface area contributed by atoms with E-state index in [4.69, 9.17) is 0 Å². The second-order valence-corrected chi connectivity index (χ2v) is 4.55. The molecule has 0 unspecified atom stereocenters. The Kier molecular flexibility index (Phi) is 8.30. The number of carbonyl (C=O) groups is 5. The number of hydrogen-bond acceptors (Lipinski definition) is 8. The molecule has 10 nitrogen and oxygen atoms in total. The molecule has 0 bridgehead atoms. The van der Waals surface area contributed by atoms with Crippen LogP contribution in [0.1, 0.15) is 13.8 Å². The number of amides is 1. The fourth-order valence-corrected chi connectivity index (χ4v) is 1.77. The molecular weight excluding hydrogens is 314 g/mol. The number of methoxy groups -OCH3 is 2. The molecular formula is C13H19NO9. The van der Waals surface area contributed by atoms with Crippen LogP contribution in [0.25, 0.3) is 0 Å². The Labute approximate surface area is 132 Å². The Hall–Kier alpha value is -2.65. The third-order valence-corrected chi connectivity index (χ3v) is 2.95. The third-order valence-electron chi connectivity index (χ3n) is 2.95. The summed E-state index contributed by atoms with van der Waals surface area (Å²) >= 11 is 0. The number of esters is 3. The van der Waals surface area contributed by atoms with Crippen LogP contribution in [0.3, 0.4) is 0 Å². The van der Waals surface area contributed by atoms with Gasteiger partial charge in [0.25, 0.3) is 5.91 Å². The second kappa shape index (κ2) is 9.38. The zero-order valence-electron chi connectivity index (χ0n) is 13.2. The van der Waals surface area contributed by atoms with Crippen LogP contribution in [0, 0.1) is 11.8 Å². The van der Waals surface area contributed by atoms with E-state index in [1.54, 1.807) is 0 Å². The Morgan fingerprint density at radius 2 is 1.52 bits per heavy atom. The number of carboxylic acid groups (broad SMARTS) is 1. The molecule has 0 fully saturated rings. The van der Waals surface area contributed by atoms with Crippen molar-refractivity contribution in [3.63, 3.8) is 0 Å². The highest BCUT2D eigenvalue weighted by Gasteiger charge is 2.42. The van der Waals surface area contributed by atoms with Gasteiger partial charge in [0.1, 0.15) is 6.04 Å². The summed E-state index contributed by atoms with van der Waals surface area (Å²) in [6.07, 6.45) is 0. The second-order valence-electron chi connectivity index (χ2n) is 4.55. The van der Waals surface area contributed by atoms with E-state index in [-0.39, 0.29) is 0 Å². The average molecular weight is 333 g/mol. The van der Waals surface area contributed by atoms with Crippen LogP contribution < -0.4 is 5.32 Å². The third kappa shape index (κ3) is 6.32. The maximum absolute atomic E-state index is 11.7. The van der Waals surface area contributed by atoms with Crippen molar-refractivity contribution in [1.29, 1.82) is 0 Å². The monoisotopic (exact) mass is 333 g/mol. The van der Waals surface area contributed by atoms with Crippen molar-refractivity contribution < 1.29 is 43.3 Å². The largest absolute Gasteiger partial charge is 0.480 e. The molecule has 2 N–H and O–H groups in total. The van der Waals surface area contributed by atoms with Gasteiger partial charge in [-0.05, 0) is 0 Å². The lowest BCUT2D eigenvalue weighted by Gasteiger charge is -2.25. The SMILES string of the molecule is COC(=O)C(C(=O)OC)[C@@H](C)[C@H](NC(=O)COC(C)=O)C(=O)O. The molecule has 10 heteroatoms. The molecule has 0 rings (SSSR count). The molecule has 0 spiro atoms. The molecule has 0 heterocycles. The van der Waals surface area contributed by atoms with E-state index in [0.717, 1.165) is 21.1 Å². The van der Waals surface area contributed by atoms with Crippen LogP contribution in [0.15, 0.2) is 0 Å². The molecule has 0 saturated carbocycles. The van der Waals surface area contributed by atoms with Gasteiger partial charge in [-0.25, -0.2) is 4.79 Å². The predicted octanol–water partition coefficient (Wildman–Crippen LogP) is -1.28. The number of carboxylic acids is 1. The summed E-state index contributed by atoms with van der Waals surface area (Å²) < 4.78 is 13.3. The fourth-order valence-electron chi connectivity index (χ4n) is 1.77. The van der Waals surface area contributed by atoms with E-state index in [0.29, 0.717) is 0 Å². The van der Waals surface area contributed by atoms with Gasteiger partial charge in [0.05, 0.1) is 14.2 Å². The molecule has 130 valence electrons. The van der Waals surface area contributed by atoms with E-state index in [2.05, 4.69) is 19.5 Å². The Balaban J connectivity index is 5.21. The summed E-state index contributed by atoms with van der Waals surface area (Å²) in [6.45, 7) is 1.66. The van der Waals surface area contributed by atoms with Gasteiger partial charge in [-0.3, -0.25) is 19.2 Å². The lowest BCUT2D eigenvalue weighted by molar-refractivity contribution is -0.163. The number of aliphatic carboxylic acids is 1. The molecule has 1 amide bonds. The van der Waals surface area contributed by atoms with Gasteiger partial charge in [0, 0.05) is 12.8 Å². The van der Waals surface area contributed by atoms with Gasteiger partial charge >= 0.3 is 23.9 Å². The highest BCUT2D eigenvalue weighted by atomic mass is 16.5. The van der Waals surface area contributed by atoms with Crippen molar-refractivity contribution >= 4 is 29.8 Å². The van der Waals surface area contributed by atoms with Crippen molar-refractivity contribution in [2.75, 3.05) is 20.8 Å². The topological polar surface area (TPSA) is 145 Å². The molecule has 0 saturated heterocycles. The van der Waals surface area contributed by atoms with Gasteiger partial charge in [-0.1, -0.05) is 6.92 Å². The van der Waals surface area contributed by atoms with Crippen LogP contribution in [0.4, 0.5) is 0 Å². The van der Waals surface area contributed by atoms with E-state index in [1.165, 1.54) is 6.92 Å². The van der Waals surface area contributed by atoms with Crippen LogP contribution in [-0.2, 0) is 38.2 Å². The van der Waals surface area contributed by atoms with Gasteiger partial charge in [0.2, 0.25) is 0 Å². The molecule has 0 radical (unpaired) electrons. The molecule has 2 atom stereocenters. The minimum absolute atomic E-state index is 0.688. The summed E-state index contributed by atoms with van der Waals surface area (Å²) in [5.41, 5.74) is 0. The molecule has 0 aromatic carbocycles. The van der Waals surface area contributed by atoms with Crippen LogP contribution in [-0.4, -0.2) is 61.8 Å².